The Labute approximate surface area is 310 Å². The van der Waals surface area contributed by atoms with Crippen molar-refractivity contribution in [2.45, 2.75) is 19.3 Å². The molecule has 0 spiro atoms. The summed E-state index contributed by atoms with van der Waals surface area (Å²) in [6, 6.07) is 58.4. The smallest absolute Gasteiger partial charge is 0.143 e. The van der Waals surface area contributed by atoms with Crippen molar-refractivity contribution in [2.75, 3.05) is 0 Å². The molecule has 248 valence electrons. The zero-order valence-corrected chi connectivity index (χ0v) is 30.1. The summed E-state index contributed by atoms with van der Waals surface area (Å²) in [6.07, 6.45) is 0. The molecular formula is C51H32OS. The number of fused-ring (bicyclic) bond motifs is 14. The van der Waals surface area contributed by atoms with Crippen LogP contribution in [0.25, 0.3) is 108 Å². The first-order valence-electron chi connectivity index (χ1n) is 18.4. The summed E-state index contributed by atoms with van der Waals surface area (Å²) in [4.78, 5) is 0. The van der Waals surface area contributed by atoms with Gasteiger partial charge in [0.1, 0.15) is 11.2 Å². The monoisotopic (exact) mass is 692 g/mol. The van der Waals surface area contributed by atoms with Crippen molar-refractivity contribution in [3.8, 4) is 33.4 Å². The SMILES string of the molecule is CC1(C)c2ccccc2-c2c1cc(-c1c3ccccc3c(-c3ccc4c(c3)sc3ccccc34)c3ccccc13)c1oc3c4ccccc4ccc3c21. The van der Waals surface area contributed by atoms with Crippen LogP contribution in [0.5, 0.6) is 0 Å². The number of hydrogen-bond acceptors (Lipinski definition) is 2. The first kappa shape index (κ1) is 29.4. The average Bonchev–Trinajstić information content (AvgIpc) is 3.84. The lowest BCUT2D eigenvalue weighted by atomic mass is 9.79. The van der Waals surface area contributed by atoms with E-state index in [1.54, 1.807) is 0 Å². The van der Waals surface area contributed by atoms with E-state index in [0.717, 1.165) is 22.1 Å². The molecule has 1 nitrogen and oxygen atoms in total. The van der Waals surface area contributed by atoms with Crippen LogP contribution in [-0.2, 0) is 5.41 Å². The molecule has 1 aliphatic rings. The van der Waals surface area contributed by atoms with Crippen molar-refractivity contribution < 1.29 is 4.42 Å². The van der Waals surface area contributed by atoms with Gasteiger partial charge in [-0.2, -0.15) is 0 Å². The van der Waals surface area contributed by atoms with Gasteiger partial charge >= 0.3 is 0 Å². The van der Waals surface area contributed by atoms with E-state index in [-0.39, 0.29) is 5.41 Å². The number of hydrogen-bond donors (Lipinski definition) is 0. The highest BCUT2D eigenvalue weighted by atomic mass is 32.1. The molecule has 1 aliphatic carbocycles. The van der Waals surface area contributed by atoms with Crippen molar-refractivity contribution in [2.24, 2.45) is 0 Å². The average molecular weight is 693 g/mol. The second-order valence-electron chi connectivity index (χ2n) is 15.1. The molecule has 53 heavy (non-hydrogen) atoms. The maximum absolute atomic E-state index is 7.25. The van der Waals surface area contributed by atoms with E-state index in [0.29, 0.717) is 0 Å². The lowest BCUT2D eigenvalue weighted by Crippen LogP contribution is -2.15. The zero-order chi connectivity index (χ0) is 35.0. The summed E-state index contributed by atoms with van der Waals surface area (Å²) in [6.45, 7) is 4.77. The van der Waals surface area contributed by atoms with Crippen LogP contribution in [0.1, 0.15) is 25.0 Å². The number of rotatable bonds is 2. The van der Waals surface area contributed by atoms with Crippen LogP contribution in [0.4, 0.5) is 0 Å². The maximum atomic E-state index is 7.25. The second-order valence-corrected chi connectivity index (χ2v) is 16.2. The maximum Gasteiger partial charge on any atom is 0.143 e. The molecule has 0 aliphatic heterocycles. The molecule has 9 aromatic carbocycles. The van der Waals surface area contributed by atoms with Gasteiger partial charge in [0.25, 0.3) is 0 Å². The summed E-state index contributed by atoms with van der Waals surface area (Å²) < 4.78 is 9.90. The van der Waals surface area contributed by atoms with E-state index in [1.165, 1.54) is 96.8 Å². The molecule has 0 radical (unpaired) electrons. The Balaban J connectivity index is 1.24. The lowest BCUT2D eigenvalue weighted by Gasteiger charge is -2.23. The molecule has 0 unspecified atom stereocenters. The van der Waals surface area contributed by atoms with E-state index < -0.39 is 0 Å². The molecule has 2 aromatic heterocycles. The Bertz CT molecular complexity index is 3320. The van der Waals surface area contributed by atoms with Crippen LogP contribution < -0.4 is 0 Å². The molecule has 0 amide bonds. The Kier molecular flexibility index (Phi) is 5.78. The van der Waals surface area contributed by atoms with Gasteiger partial charge in [-0.3, -0.25) is 0 Å². The molecule has 11 aromatic rings. The highest BCUT2D eigenvalue weighted by Gasteiger charge is 2.39. The van der Waals surface area contributed by atoms with Crippen LogP contribution >= 0.6 is 11.3 Å². The minimum Gasteiger partial charge on any atom is -0.455 e. The minimum absolute atomic E-state index is 0.180. The van der Waals surface area contributed by atoms with E-state index in [4.69, 9.17) is 4.42 Å². The molecule has 2 heteroatoms. The fourth-order valence-electron chi connectivity index (χ4n) is 9.64. The quantitative estimate of drug-likeness (QED) is 0.164. The summed E-state index contributed by atoms with van der Waals surface area (Å²) >= 11 is 1.88. The van der Waals surface area contributed by atoms with Gasteiger partial charge < -0.3 is 4.42 Å². The van der Waals surface area contributed by atoms with Gasteiger partial charge in [-0.15, -0.1) is 11.3 Å². The standard InChI is InChI=1S/C51H32OS/c1-51(2)41-21-11-9-20-38(41)47-42(51)28-40(50-48(47)39-26-23-29-13-3-4-14-31(29)49(39)52-50)46-36-18-7-5-16-34(36)45(35-17-6-8-19-37(35)46)30-24-25-33-32-15-10-12-22-43(32)53-44(33)27-30/h3-28H,1-2H3. The van der Waals surface area contributed by atoms with Crippen LogP contribution in [-0.4, -0.2) is 0 Å². The lowest BCUT2D eigenvalue weighted by molar-refractivity contribution is 0.658. The number of furan rings is 1. The fraction of sp³-hybridized carbons (Fsp3) is 0.0588. The molecule has 0 saturated heterocycles. The van der Waals surface area contributed by atoms with E-state index in [2.05, 4.69) is 172 Å². The highest BCUT2D eigenvalue weighted by molar-refractivity contribution is 7.25. The minimum atomic E-state index is -0.180. The summed E-state index contributed by atoms with van der Waals surface area (Å²) in [7, 11) is 0. The molecule has 0 atom stereocenters. The molecule has 0 fully saturated rings. The Hall–Kier alpha value is -6.22. The Morgan fingerprint density at radius 3 is 1.79 bits per heavy atom. The van der Waals surface area contributed by atoms with Crippen LogP contribution in [0.15, 0.2) is 162 Å². The van der Waals surface area contributed by atoms with Crippen molar-refractivity contribution in [1.29, 1.82) is 0 Å². The van der Waals surface area contributed by atoms with Gasteiger partial charge in [-0.05, 0) is 84.6 Å². The van der Waals surface area contributed by atoms with Crippen LogP contribution in [0.3, 0.4) is 0 Å². The Morgan fingerprint density at radius 1 is 0.415 bits per heavy atom. The number of benzene rings is 9. The topological polar surface area (TPSA) is 13.1 Å². The number of thiophene rings is 1. The first-order valence-corrected chi connectivity index (χ1v) is 19.2. The van der Waals surface area contributed by atoms with Gasteiger partial charge in [-0.1, -0.05) is 147 Å². The predicted octanol–water partition coefficient (Wildman–Crippen LogP) is 15.1. The molecular weight excluding hydrogens is 661 g/mol. The fourth-order valence-corrected chi connectivity index (χ4v) is 10.8. The third-order valence-corrected chi connectivity index (χ3v) is 13.2. The van der Waals surface area contributed by atoms with Gasteiger partial charge in [0, 0.05) is 52.9 Å². The van der Waals surface area contributed by atoms with Crippen molar-refractivity contribution in [3.63, 3.8) is 0 Å². The van der Waals surface area contributed by atoms with Crippen molar-refractivity contribution in [3.05, 3.63) is 169 Å². The van der Waals surface area contributed by atoms with Crippen molar-refractivity contribution in [1.82, 2.24) is 0 Å². The molecule has 0 bridgehead atoms. The van der Waals surface area contributed by atoms with Crippen molar-refractivity contribution >= 4 is 85.8 Å². The van der Waals surface area contributed by atoms with Gasteiger partial charge in [0.15, 0.2) is 0 Å². The summed E-state index contributed by atoms with van der Waals surface area (Å²) in [5, 5.41) is 12.3. The molecule has 12 rings (SSSR count). The van der Waals surface area contributed by atoms with Gasteiger partial charge in [0.2, 0.25) is 0 Å². The summed E-state index contributed by atoms with van der Waals surface area (Å²) in [5.74, 6) is 0. The van der Waals surface area contributed by atoms with Crippen LogP contribution in [0, 0.1) is 0 Å². The van der Waals surface area contributed by atoms with E-state index >= 15 is 0 Å². The Morgan fingerprint density at radius 2 is 1.02 bits per heavy atom. The van der Waals surface area contributed by atoms with Crippen LogP contribution in [0.2, 0.25) is 0 Å². The van der Waals surface area contributed by atoms with E-state index in [9.17, 15) is 0 Å². The molecule has 0 N–H and O–H groups in total. The normalized spacial score (nSPS) is 13.6. The second kappa shape index (κ2) is 10.4. The molecule has 0 saturated carbocycles. The highest BCUT2D eigenvalue weighted by Crippen LogP contribution is 2.57. The van der Waals surface area contributed by atoms with Gasteiger partial charge in [0.05, 0.1) is 0 Å². The summed E-state index contributed by atoms with van der Waals surface area (Å²) in [5.41, 5.74) is 12.0. The predicted molar refractivity (Wildman–Crippen MR) is 228 cm³/mol. The zero-order valence-electron chi connectivity index (χ0n) is 29.3. The molecule has 2 heterocycles. The third-order valence-electron chi connectivity index (χ3n) is 12.0. The largest absolute Gasteiger partial charge is 0.455 e. The third kappa shape index (κ3) is 3.86. The van der Waals surface area contributed by atoms with Gasteiger partial charge in [-0.25, -0.2) is 0 Å². The van der Waals surface area contributed by atoms with E-state index in [1.807, 2.05) is 11.3 Å². The first-order chi connectivity index (χ1) is 26.1.